The SMILES string of the molecule is CCN(CCCO)C(=O)c1cc(N)cc(N)c1. The zero-order valence-electron chi connectivity index (χ0n) is 10.0. The van der Waals surface area contributed by atoms with Crippen molar-refractivity contribution in [1.82, 2.24) is 4.90 Å². The molecule has 17 heavy (non-hydrogen) atoms. The molecule has 0 atom stereocenters. The molecule has 0 aliphatic carbocycles. The van der Waals surface area contributed by atoms with Gasteiger partial charge in [0.2, 0.25) is 0 Å². The van der Waals surface area contributed by atoms with E-state index in [1.807, 2.05) is 6.92 Å². The smallest absolute Gasteiger partial charge is 0.253 e. The number of carbonyl (C=O) groups excluding carboxylic acids is 1. The first kappa shape index (κ1) is 13.3. The quantitative estimate of drug-likeness (QED) is 0.657. The Labute approximate surface area is 101 Å². The van der Waals surface area contributed by atoms with E-state index in [9.17, 15) is 4.79 Å². The fraction of sp³-hybridized carbons (Fsp3) is 0.417. The van der Waals surface area contributed by atoms with Crippen molar-refractivity contribution in [2.75, 3.05) is 31.2 Å². The van der Waals surface area contributed by atoms with Crippen molar-refractivity contribution in [3.05, 3.63) is 23.8 Å². The summed E-state index contributed by atoms with van der Waals surface area (Å²) in [6, 6.07) is 4.83. The number of benzene rings is 1. The van der Waals surface area contributed by atoms with Gasteiger partial charge in [-0.05, 0) is 31.5 Å². The van der Waals surface area contributed by atoms with Gasteiger partial charge in [-0.25, -0.2) is 0 Å². The van der Waals surface area contributed by atoms with Gasteiger partial charge in [0.15, 0.2) is 0 Å². The van der Waals surface area contributed by atoms with Gasteiger partial charge in [0, 0.05) is 36.6 Å². The predicted octanol–water partition coefficient (Wildman–Crippen LogP) is 0.695. The Kier molecular flexibility index (Phi) is 4.78. The average Bonchev–Trinajstić information content (AvgIpc) is 2.28. The number of carbonyl (C=O) groups is 1. The van der Waals surface area contributed by atoms with Crippen molar-refractivity contribution in [1.29, 1.82) is 0 Å². The van der Waals surface area contributed by atoms with E-state index in [0.29, 0.717) is 36.4 Å². The van der Waals surface area contributed by atoms with Gasteiger partial charge in [-0.3, -0.25) is 4.79 Å². The number of nitrogens with zero attached hydrogens (tertiary/aromatic N) is 1. The van der Waals surface area contributed by atoms with E-state index in [1.54, 1.807) is 23.1 Å². The van der Waals surface area contributed by atoms with E-state index in [4.69, 9.17) is 16.6 Å². The van der Waals surface area contributed by atoms with Crippen LogP contribution in [0.25, 0.3) is 0 Å². The molecule has 0 heterocycles. The number of aliphatic hydroxyl groups is 1. The van der Waals surface area contributed by atoms with Gasteiger partial charge >= 0.3 is 0 Å². The molecule has 0 aliphatic heterocycles. The molecule has 0 unspecified atom stereocenters. The summed E-state index contributed by atoms with van der Waals surface area (Å²) in [7, 11) is 0. The largest absolute Gasteiger partial charge is 0.399 e. The Balaban J connectivity index is 2.85. The molecule has 1 rings (SSSR count). The second kappa shape index (κ2) is 6.10. The average molecular weight is 237 g/mol. The highest BCUT2D eigenvalue weighted by atomic mass is 16.3. The minimum atomic E-state index is -0.111. The summed E-state index contributed by atoms with van der Waals surface area (Å²) in [4.78, 5) is 13.8. The molecule has 0 fully saturated rings. The second-order valence-corrected chi connectivity index (χ2v) is 3.85. The zero-order valence-corrected chi connectivity index (χ0v) is 10.0. The van der Waals surface area contributed by atoms with E-state index < -0.39 is 0 Å². The summed E-state index contributed by atoms with van der Waals surface area (Å²) in [5.41, 5.74) is 12.7. The Morgan fingerprint density at radius 1 is 1.29 bits per heavy atom. The Morgan fingerprint density at radius 2 is 1.88 bits per heavy atom. The number of hydrogen-bond acceptors (Lipinski definition) is 4. The van der Waals surface area contributed by atoms with Crippen LogP contribution in [0.3, 0.4) is 0 Å². The lowest BCUT2D eigenvalue weighted by molar-refractivity contribution is 0.0754. The molecule has 0 saturated carbocycles. The van der Waals surface area contributed by atoms with E-state index >= 15 is 0 Å². The normalized spacial score (nSPS) is 10.2. The lowest BCUT2D eigenvalue weighted by Gasteiger charge is -2.20. The summed E-state index contributed by atoms with van der Waals surface area (Å²) < 4.78 is 0. The summed E-state index contributed by atoms with van der Waals surface area (Å²) in [6.07, 6.45) is 0.567. The van der Waals surface area contributed by atoms with Crippen molar-refractivity contribution in [2.24, 2.45) is 0 Å². The molecule has 0 spiro atoms. The van der Waals surface area contributed by atoms with Gasteiger partial charge < -0.3 is 21.5 Å². The molecule has 1 aromatic rings. The van der Waals surface area contributed by atoms with Crippen LogP contribution in [0.2, 0.25) is 0 Å². The number of anilines is 2. The number of nitrogens with two attached hydrogens (primary N) is 2. The van der Waals surface area contributed by atoms with Crippen LogP contribution in [0, 0.1) is 0 Å². The van der Waals surface area contributed by atoms with Crippen LogP contribution in [0.4, 0.5) is 11.4 Å². The molecule has 5 heteroatoms. The fourth-order valence-corrected chi connectivity index (χ4v) is 1.65. The third kappa shape index (κ3) is 3.64. The molecular formula is C12H19N3O2. The fourth-order valence-electron chi connectivity index (χ4n) is 1.65. The van der Waals surface area contributed by atoms with Crippen LogP contribution in [-0.4, -0.2) is 35.6 Å². The number of amides is 1. The van der Waals surface area contributed by atoms with Crippen molar-refractivity contribution >= 4 is 17.3 Å². The summed E-state index contributed by atoms with van der Waals surface area (Å²) in [5.74, 6) is -0.111. The van der Waals surface area contributed by atoms with Crippen LogP contribution in [0.1, 0.15) is 23.7 Å². The maximum absolute atomic E-state index is 12.1. The van der Waals surface area contributed by atoms with E-state index in [2.05, 4.69) is 0 Å². The summed E-state index contributed by atoms with van der Waals surface area (Å²) in [6.45, 7) is 3.09. The first-order valence-electron chi connectivity index (χ1n) is 5.64. The van der Waals surface area contributed by atoms with Gasteiger partial charge in [-0.15, -0.1) is 0 Å². The third-order valence-electron chi connectivity index (χ3n) is 2.48. The monoisotopic (exact) mass is 237 g/mol. The molecule has 0 aromatic heterocycles. The Bertz CT molecular complexity index is 373. The minimum Gasteiger partial charge on any atom is -0.399 e. The first-order valence-corrected chi connectivity index (χ1v) is 5.64. The van der Waals surface area contributed by atoms with Crippen LogP contribution in [0.15, 0.2) is 18.2 Å². The Hall–Kier alpha value is -1.75. The minimum absolute atomic E-state index is 0.0723. The first-order chi connectivity index (χ1) is 8.08. The molecule has 5 nitrogen and oxygen atoms in total. The van der Waals surface area contributed by atoms with Crippen molar-refractivity contribution in [2.45, 2.75) is 13.3 Å². The van der Waals surface area contributed by atoms with Crippen molar-refractivity contribution in [3.8, 4) is 0 Å². The number of hydrogen-bond donors (Lipinski definition) is 3. The lowest BCUT2D eigenvalue weighted by Crippen LogP contribution is -2.32. The Morgan fingerprint density at radius 3 is 2.35 bits per heavy atom. The predicted molar refractivity (Wildman–Crippen MR) is 68.5 cm³/mol. The molecular weight excluding hydrogens is 218 g/mol. The maximum atomic E-state index is 12.1. The highest BCUT2D eigenvalue weighted by Gasteiger charge is 2.14. The molecule has 0 radical (unpaired) electrons. The molecule has 0 bridgehead atoms. The maximum Gasteiger partial charge on any atom is 0.253 e. The molecule has 1 amide bonds. The van der Waals surface area contributed by atoms with Crippen LogP contribution < -0.4 is 11.5 Å². The van der Waals surface area contributed by atoms with Gasteiger partial charge in [-0.1, -0.05) is 0 Å². The zero-order chi connectivity index (χ0) is 12.8. The second-order valence-electron chi connectivity index (χ2n) is 3.85. The standard InChI is InChI=1S/C12H19N3O2/c1-2-15(4-3-5-16)12(17)9-6-10(13)8-11(14)7-9/h6-8,16H,2-5,13-14H2,1H3. The molecule has 94 valence electrons. The van der Waals surface area contributed by atoms with Gasteiger partial charge in [-0.2, -0.15) is 0 Å². The van der Waals surface area contributed by atoms with Gasteiger partial charge in [0.25, 0.3) is 5.91 Å². The summed E-state index contributed by atoms with van der Waals surface area (Å²) >= 11 is 0. The number of aliphatic hydroxyl groups excluding tert-OH is 1. The highest BCUT2D eigenvalue weighted by molar-refractivity contribution is 5.96. The van der Waals surface area contributed by atoms with E-state index in [0.717, 1.165) is 0 Å². The van der Waals surface area contributed by atoms with Gasteiger partial charge in [0.05, 0.1) is 0 Å². The van der Waals surface area contributed by atoms with Crippen LogP contribution >= 0.6 is 0 Å². The highest BCUT2D eigenvalue weighted by Crippen LogP contribution is 2.15. The molecule has 1 aromatic carbocycles. The number of nitrogen functional groups attached to an aromatic ring is 2. The van der Waals surface area contributed by atoms with E-state index in [1.165, 1.54) is 0 Å². The lowest BCUT2D eigenvalue weighted by atomic mass is 10.1. The third-order valence-corrected chi connectivity index (χ3v) is 2.48. The summed E-state index contributed by atoms with van der Waals surface area (Å²) in [5, 5.41) is 8.77. The van der Waals surface area contributed by atoms with Crippen LogP contribution in [0.5, 0.6) is 0 Å². The van der Waals surface area contributed by atoms with E-state index in [-0.39, 0.29) is 12.5 Å². The van der Waals surface area contributed by atoms with Crippen molar-refractivity contribution in [3.63, 3.8) is 0 Å². The van der Waals surface area contributed by atoms with Crippen molar-refractivity contribution < 1.29 is 9.90 Å². The topological polar surface area (TPSA) is 92.6 Å². The molecule has 5 N–H and O–H groups in total. The number of rotatable bonds is 5. The van der Waals surface area contributed by atoms with Crippen LogP contribution in [-0.2, 0) is 0 Å². The van der Waals surface area contributed by atoms with Gasteiger partial charge in [0.1, 0.15) is 0 Å². The molecule has 0 aliphatic rings. The molecule has 0 saturated heterocycles.